The minimum Gasteiger partial charge on any atom is -0.321 e. The van der Waals surface area contributed by atoms with Gasteiger partial charge in [0.15, 0.2) is 0 Å². The quantitative estimate of drug-likeness (QED) is 0.711. The molecular weight excluding hydrogens is 270 g/mol. The third-order valence-electron chi connectivity index (χ3n) is 3.05. The van der Waals surface area contributed by atoms with Gasteiger partial charge < -0.3 is 5.43 Å². The Labute approximate surface area is 122 Å². The second-order valence-corrected chi connectivity index (χ2v) is 4.90. The smallest absolute Gasteiger partial charge is 0.0717 e. The zero-order valence-corrected chi connectivity index (χ0v) is 11.6. The van der Waals surface area contributed by atoms with Crippen molar-refractivity contribution >= 4 is 28.2 Å². The van der Waals surface area contributed by atoms with Crippen LogP contribution in [-0.2, 0) is 6.54 Å². The number of para-hydroxylation sites is 1. The van der Waals surface area contributed by atoms with Gasteiger partial charge in [-0.05, 0) is 35.9 Å². The van der Waals surface area contributed by atoms with Gasteiger partial charge in [0.25, 0.3) is 0 Å². The predicted octanol–water partition coefficient (Wildman–Crippen LogP) is 4.00. The number of benzene rings is 2. The highest BCUT2D eigenvalue weighted by molar-refractivity contribution is 6.35. The van der Waals surface area contributed by atoms with E-state index in [1.807, 2.05) is 48.5 Å². The molecule has 0 fully saturated rings. The fraction of sp³-hybridized carbons (Fsp3) is 0.0625. The molecule has 0 aliphatic carbocycles. The van der Waals surface area contributed by atoms with E-state index in [0.717, 1.165) is 27.2 Å². The topological polar surface area (TPSA) is 37.0 Å². The molecule has 2 aromatic carbocycles. The largest absolute Gasteiger partial charge is 0.321 e. The summed E-state index contributed by atoms with van der Waals surface area (Å²) >= 11 is 6.18. The van der Waals surface area contributed by atoms with Crippen molar-refractivity contribution < 1.29 is 0 Å². The zero-order valence-electron chi connectivity index (χ0n) is 10.8. The number of hydrazine groups is 1. The van der Waals surface area contributed by atoms with Gasteiger partial charge in [0.2, 0.25) is 0 Å². The molecule has 20 heavy (non-hydrogen) atoms. The van der Waals surface area contributed by atoms with Crippen LogP contribution in [0, 0.1) is 0 Å². The molecule has 100 valence electrons. The van der Waals surface area contributed by atoms with Crippen molar-refractivity contribution in [2.75, 3.05) is 5.43 Å². The molecule has 1 aromatic heterocycles. The Morgan fingerprint density at radius 2 is 1.85 bits per heavy atom. The fourth-order valence-electron chi connectivity index (χ4n) is 2.04. The normalized spacial score (nSPS) is 10.7. The van der Waals surface area contributed by atoms with Crippen LogP contribution in [0.1, 0.15) is 5.56 Å². The first kappa shape index (κ1) is 12.9. The van der Waals surface area contributed by atoms with Crippen molar-refractivity contribution in [2.24, 2.45) is 0 Å². The summed E-state index contributed by atoms with van der Waals surface area (Å²) in [6.45, 7) is 0.704. The lowest BCUT2D eigenvalue weighted by Crippen LogP contribution is -2.20. The Balaban J connectivity index is 1.70. The molecule has 3 aromatic rings. The van der Waals surface area contributed by atoms with E-state index in [-0.39, 0.29) is 0 Å². The van der Waals surface area contributed by atoms with Gasteiger partial charge in [-0.3, -0.25) is 4.98 Å². The van der Waals surface area contributed by atoms with Crippen LogP contribution in [0.25, 0.3) is 10.9 Å². The summed E-state index contributed by atoms with van der Waals surface area (Å²) in [6, 6.07) is 17.9. The van der Waals surface area contributed by atoms with Gasteiger partial charge in [0.1, 0.15) is 0 Å². The van der Waals surface area contributed by atoms with Crippen LogP contribution in [0.5, 0.6) is 0 Å². The molecular formula is C16H14ClN3. The molecule has 0 bridgehead atoms. The van der Waals surface area contributed by atoms with Crippen LogP contribution in [-0.4, -0.2) is 4.98 Å². The minimum absolute atomic E-state index is 0.704. The number of halogens is 1. The summed E-state index contributed by atoms with van der Waals surface area (Å²) in [5, 5.41) is 1.71. The lowest BCUT2D eigenvalue weighted by molar-refractivity contribution is 0.802. The first-order valence-corrected chi connectivity index (χ1v) is 6.78. The summed E-state index contributed by atoms with van der Waals surface area (Å²) in [5.41, 5.74) is 9.44. The summed E-state index contributed by atoms with van der Waals surface area (Å²) in [7, 11) is 0. The van der Waals surface area contributed by atoms with Gasteiger partial charge >= 0.3 is 0 Å². The molecule has 0 saturated heterocycles. The molecule has 0 radical (unpaired) electrons. The highest BCUT2D eigenvalue weighted by atomic mass is 35.5. The zero-order chi connectivity index (χ0) is 13.8. The van der Waals surface area contributed by atoms with Gasteiger partial charge in [-0.2, -0.15) is 0 Å². The first-order chi connectivity index (χ1) is 9.83. The van der Waals surface area contributed by atoms with Crippen LogP contribution in [0.3, 0.4) is 0 Å². The second-order valence-electron chi connectivity index (χ2n) is 4.49. The number of pyridine rings is 1. The molecule has 3 rings (SSSR count). The monoisotopic (exact) mass is 283 g/mol. The number of fused-ring (bicyclic) bond motifs is 1. The highest BCUT2D eigenvalue weighted by Crippen LogP contribution is 2.22. The highest BCUT2D eigenvalue weighted by Gasteiger charge is 2.01. The van der Waals surface area contributed by atoms with Gasteiger partial charge in [0.05, 0.1) is 10.5 Å². The number of nitrogens with one attached hydrogen (secondary N) is 2. The van der Waals surface area contributed by atoms with Crippen LogP contribution in [0.2, 0.25) is 5.02 Å². The second kappa shape index (κ2) is 5.90. The van der Waals surface area contributed by atoms with Crippen LogP contribution >= 0.6 is 11.6 Å². The summed E-state index contributed by atoms with van der Waals surface area (Å²) in [6.07, 6.45) is 1.72. The molecule has 0 aliphatic rings. The van der Waals surface area contributed by atoms with Crippen molar-refractivity contribution in [2.45, 2.75) is 6.54 Å². The van der Waals surface area contributed by atoms with E-state index >= 15 is 0 Å². The van der Waals surface area contributed by atoms with E-state index in [4.69, 9.17) is 11.6 Å². The summed E-state index contributed by atoms with van der Waals surface area (Å²) in [4.78, 5) is 4.29. The Morgan fingerprint density at radius 3 is 2.70 bits per heavy atom. The van der Waals surface area contributed by atoms with Crippen molar-refractivity contribution in [3.8, 4) is 0 Å². The average Bonchev–Trinajstić information content (AvgIpc) is 2.49. The van der Waals surface area contributed by atoms with Crippen LogP contribution in [0.15, 0.2) is 60.8 Å². The number of nitrogens with zero attached hydrogens (tertiary/aromatic N) is 1. The average molecular weight is 284 g/mol. The van der Waals surface area contributed by atoms with Crippen molar-refractivity contribution in [3.05, 3.63) is 71.4 Å². The maximum atomic E-state index is 6.18. The lowest BCUT2D eigenvalue weighted by Gasteiger charge is -2.09. The summed E-state index contributed by atoms with van der Waals surface area (Å²) < 4.78 is 0. The van der Waals surface area contributed by atoms with E-state index < -0.39 is 0 Å². The third-order valence-corrected chi connectivity index (χ3v) is 3.38. The maximum absolute atomic E-state index is 6.18. The van der Waals surface area contributed by atoms with Gasteiger partial charge in [0, 0.05) is 23.8 Å². The maximum Gasteiger partial charge on any atom is 0.0717 e. The number of rotatable bonds is 4. The SMILES string of the molecule is Clc1ccnc2ccc(CNNc3ccccc3)cc12. The Morgan fingerprint density at radius 1 is 1.00 bits per heavy atom. The first-order valence-electron chi connectivity index (χ1n) is 6.40. The molecule has 1 heterocycles. The van der Waals surface area contributed by atoms with Crippen molar-refractivity contribution in [3.63, 3.8) is 0 Å². The molecule has 3 nitrogen and oxygen atoms in total. The van der Waals surface area contributed by atoms with Crippen LogP contribution in [0.4, 0.5) is 5.69 Å². The van der Waals surface area contributed by atoms with E-state index in [9.17, 15) is 0 Å². The van der Waals surface area contributed by atoms with E-state index in [2.05, 4.69) is 21.9 Å². The minimum atomic E-state index is 0.704. The van der Waals surface area contributed by atoms with Gasteiger partial charge in [-0.15, -0.1) is 0 Å². The van der Waals surface area contributed by atoms with E-state index in [1.54, 1.807) is 6.20 Å². The Hall–Kier alpha value is -2.10. The summed E-state index contributed by atoms with van der Waals surface area (Å²) in [5.74, 6) is 0. The number of aromatic nitrogens is 1. The molecule has 2 N–H and O–H groups in total. The van der Waals surface area contributed by atoms with Crippen molar-refractivity contribution in [1.82, 2.24) is 10.4 Å². The van der Waals surface area contributed by atoms with E-state index in [0.29, 0.717) is 6.54 Å². The van der Waals surface area contributed by atoms with Gasteiger partial charge in [-0.25, -0.2) is 5.43 Å². The Bertz CT molecular complexity index is 713. The fourth-order valence-corrected chi connectivity index (χ4v) is 2.25. The molecule has 0 unspecified atom stereocenters. The lowest BCUT2D eigenvalue weighted by atomic mass is 10.1. The number of anilines is 1. The standard InChI is InChI=1S/C16H14ClN3/c17-15-8-9-18-16-7-6-12(10-14(15)16)11-19-20-13-4-2-1-3-5-13/h1-10,19-20H,11H2. The van der Waals surface area contributed by atoms with Gasteiger partial charge in [-0.1, -0.05) is 35.9 Å². The molecule has 0 spiro atoms. The van der Waals surface area contributed by atoms with Crippen LogP contribution < -0.4 is 10.9 Å². The number of hydrogen-bond donors (Lipinski definition) is 2. The molecule has 0 amide bonds. The molecule has 0 saturated carbocycles. The molecule has 0 aliphatic heterocycles. The third kappa shape index (κ3) is 2.90. The van der Waals surface area contributed by atoms with Crippen molar-refractivity contribution in [1.29, 1.82) is 0 Å². The molecule has 4 heteroatoms. The van der Waals surface area contributed by atoms with E-state index in [1.165, 1.54) is 0 Å². The predicted molar refractivity (Wildman–Crippen MR) is 83.7 cm³/mol. The number of hydrogen-bond acceptors (Lipinski definition) is 3. The Kier molecular flexibility index (Phi) is 3.81. The molecule has 0 atom stereocenters.